The van der Waals surface area contributed by atoms with Crippen molar-refractivity contribution in [2.45, 2.75) is 13.3 Å². The molecule has 0 spiro atoms. The lowest BCUT2D eigenvalue weighted by Gasteiger charge is -2.17. The van der Waals surface area contributed by atoms with E-state index in [9.17, 15) is 14.4 Å². The molecule has 0 aliphatic heterocycles. The molecule has 2 aromatic rings. The first-order valence-electron chi connectivity index (χ1n) is 8.45. The molecule has 0 radical (unpaired) electrons. The molecule has 2 aromatic carbocycles. The second-order valence-corrected chi connectivity index (χ2v) is 6.27. The van der Waals surface area contributed by atoms with Crippen molar-refractivity contribution in [3.8, 4) is 0 Å². The van der Waals surface area contributed by atoms with Gasteiger partial charge in [-0.15, -0.1) is 0 Å². The molecule has 2 rings (SSSR count). The fourth-order valence-electron chi connectivity index (χ4n) is 2.39. The zero-order chi connectivity index (χ0) is 19.8. The van der Waals surface area contributed by atoms with Gasteiger partial charge >= 0.3 is 5.97 Å². The first-order chi connectivity index (χ1) is 12.9. The number of aryl methyl sites for hydroxylation is 1. The molecule has 0 bridgehead atoms. The van der Waals surface area contributed by atoms with Gasteiger partial charge in [0.05, 0.1) is 17.1 Å². The number of ether oxygens (including phenoxy) is 1. The summed E-state index contributed by atoms with van der Waals surface area (Å²) in [6, 6.07) is 13.9. The van der Waals surface area contributed by atoms with Crippen LogP contribution in [0.1, 0.15) is 22.8 Å². The lowest BCUT2D eigenvalue weighted by molar-refractivity contribution is -0.136. The molecule has 7 heteroatoms. The van der Waals surface area contributed by atoms with Crippen molar-refractivity contribution in [3.05, 3.63) is 64.7 Å². The maximum absolute atomic E-state index is 12.2. The molecular weight excluding hydrogens is 368 g/mol. The molecule has 27 heavy (non-hydrogen) atoms. The maximum Gasteiger partial charge on any atom is 0.340 e. The number of carbonyl (C=O) groups is 3. The standard InChI is InChI=1S/C20H21ClN2O4/c1-3-14-8-4-7-11-17(14)22-18(24)12-23(2)19(25)13-27-20(26)15-9-5-6-10-16(15)21/h4-11H,3,12-13H2,1-2H3,(H,22,24). The van der Waals surface area contributed by atoms with Crippen molar-refractivity contribution in [2.24, 2.45) is 0 Å². The first kappa shape index (κ1) is 20.5. The molecule has 142 valence electrons. The third-order valence-electron chi connectivity index (χ3n) is 3.90. The smallest absolute Gasteiger partial charge is 0.340 e. The fourth-order valence-corrected chi connectivity index (χ4v) is 2.60. The lowest BCUT2D eigenvalue weighted by Crippen LogP contribution is -2.37. The third kappa shape index (κ3) is 5.82. The molecule has 0 aromatic heterocycles. The van der Waals surface area contributed by atoms with Crippen LogP contribution in [0.2, 0.25) is 5.02 Å². The number of amides is 2. The predicted molar refractivity (Wildman–Crippen MR) is 104 cm³/mol. The monoisotopic (exact) mass is 388 g/mol. The number of nitrogens with zero attached hydrogens (tertiary/aromatic N) is 1. The molecule has 0 aliphatic carbocycles. The number of benzene rings is 2. The van der Waals surface area contributed by atoms with Crippen LogP contribution in [0.3, 0.4) is 0 Å². The molecule has 0 heterocycles. The number of hydrogen-bond donors (Lipinski definition) is 1. The van der Waals surface area contributed by atoms with Gasteiger partial charge in [-0.3, -0.25) is 9.59 Å². The van der Waals surface area contributed by atoms with E-state index in [1.54, 1.807) is 18.2 Å². The molecule has 0 saturated carbocycles. The van der Waals surface area contributed by atoms with Gasteiger partial charge in [-0.25, -0.2) is 4.79 Å². The molecule has 0 atom stereocenters. The summed E-state index contributed by atoms with van der Waals surface area (Å²) in [6.45, 7) is 1.37. The Kier molecular flexibility index (Phi) is 7.37. The summed E-state index contributed by atoms with van der Waals surface area (Å²) in [5.41, 5.74) is 1.91. The lowest BCUT2D eigenvalue weighted by atomic mass is 10.1. The van der Waals surface area contributed by atoms with Crippen molar-refractivity contribution >= 4 is 35.1 Å². The maximum atomic E-state index is 12.2. The van der Waals surface area contributed by atoms with Gasteiger partial charge in [0.15, 0.2) is 6.61 Å². The number of carbonyl (C=O) groups excluding carboxylic acids is 3. The first-order valence-corrected chi connectivity index (χ1v) is 8.83. The average Bonchev–Trinajstić information content (AvgIpc) is 2.66. The van der Waals surface area contributed by atoms with Crippen LogP contribution in [0.15, 0.2) is 48.5 Å². The number of rotatable bonds is 7. The van der Waals surface area contributed by atoms with Gasteiger partial charge in [-0.2, -0.15) is 0 Å². The summed E-state index contributed by atoms with van der Waals surface area (Å²) < 4.78 is 4.98. The fraction of sp³-hybridized carbons (Fsp3) is 0.250. The van der Waals surface area contributed by atoms with Crippen molar-refractivity contribution < 1.29 is 19.1 Å². The van der Waals surface area contributed by atoms with Gasteiger partial charge in [-0.05, 0) is 30.2 Å². The summed E-state index contributed by atoms with van der Waals surface area (Å²) in [5.74, 6) is -1.51. The summed E-state index contributed by atoms with van der Waals surface area (Å²) in [6.07, 6.45) is 0.781. The van der Waals surface area contributed by atoms with Crippen LogP contribution in [0, 0.1) is 0 Å². The van der Waals surface area contributed by atoms with E-state index >= 15 is 0 Å². The Labute approximate surface area is 163 Å². The topological polar surface area (TPSA) is 75.7 Å². The molecule has 1 N–H and O–H groups in total. The highest BCUT2D eigenvalue weighted by Crippen LogP contribution is 2.16. The largest absolute Gasteiger partial charge is 0.452 e. The number of likely N-dealkylation sites (N-methyl/N-ethyl adjacent to an activating group) is 1. The SMILES string of the molecule is CCc1ccccc1NC(=O)CN(C)C(=O)COC(=O)c1ccccc1Cl. The summed E-state index contributed by atoms with van der Waals surface area (Å²) in [4.78, 5) is 37.4. The molecule has 6 nitrogen and oxygen atoms in total. The molecule has 0 unspecified atom stereocenters. The number of nitrogens with one attached hydrogen (secondary N) is 1. The van der Waals surface area contributed by atoms with Crippen LogP contribution in [0.25, 0.3) is 0 Å². The second-order valence-electron chi connectivity index (χ2n) is 5.86. The van der Waals surface area contributed by atoms with Crippen LogP contribution < -0.4 is 5.32 Å². The highest BCUT2D eigenvalue weighted by Gasteiger charge is 2.17. The van der Waals surface area contributed by atoms with Crippen molar-refractivity contribution in [1.29, 1.82) is 0 Å². The minimum absolute atomic E-state index is 0.152. The Hall–Kier alpha value is -2.86. The molecule has 0 aliphatic rings. The molecular formula is C20H21ClN2O4. The van der Waals surface area contributed by atoms with E-state index in [1.807, 2.05) is 31.2 Å². The molecule has 0 fully saturated rings. The zero-order valence-corrected chi connectivity index (χ0v) is 16.0. The van der Waals surface area contributed by atoms with Crippen LogP contribution in [0.4, 0.5) is 5.69 Å². The van der Waals surface area contributed by atoms with Crippen molar-refractivity contribution in [1.82, 2.24) is 4.90 Å². The van der Waals surface area contributed by atoms with Gasteiger partial charge in [0, 0.05) is 12.7 Å². The van der Waals surface area contributed by atoms with E-state index < -0.39 is 18.5 Å². The normalized spacial score (nSPS) is 10.2. The van der Waals surface area contributed by atoms with Crippen molar-refractivity contribution in [2.75, 3.05) is 25.5 Å². The number of hydrogen-bond acceptors (Lipinski definition) is 4. The number of halogens is 1. The Morgan fingerprint density at radius 2 is 1.74 bits per heavy atom. The van der Waals surface area contributed by atoms with E-state index in [0.29, 0.717) is 0 Å². The third-order valence-corrected chi connectivity index (χ3v) is 4.23. The van der Waals surface area contributed by atoms with Gasteiger partial charge in [0.2, 0.25) is 5.91 Å². The van der Waals surface area contributed by atoms with Gasteiger partial charge in [-0.1, -0.05) is 48.9 Å². The minimum Gasteiger partial charge on any atom is -0.452 e. The second kappa shape index (κ2) is 9.73. The van der Waals surface area contributed by atoms with Crippen LogP contribution >= 0.6 is 11.6 Å². The average molecular weight is 389 g/mol. The molecule has 2 amide bonds. The summed E-state index contributed by atoms with van der Waals surface area (Å²) >= 11 is 5.92. The molecule has 0 saturated heterocycles. The Balaban J connectivity index is 1.85. The van der Waals surface area contributed by atoms with Crippen LogP contribution in [0.5, 0.6) is 0 Å². The number of esters is 1. The zero-order valence-electron chi connectivity index (χ0n) is 15.2. The Morgan fingerprint density at radius 1 is 1.07 bits per heavy atom. The summed E-state index contributed by atoms with van der Waals surface area (Å²) in [5, 5.41) is 3.03. The van der Waals surface area contributed by atoms with E-state index in [0.717, 1.165) is 17.7 Å². The van der Waals surface area contributed by atoms with Crippen molar-refractivity contribution in [3.63, 3.8) is 0 Å². The summed E-state index contributed by atoms with van der Waals surface area (Å²) in [7, 11) is 1.47. The van der Waals surface area contributed by atoms with E-state index in [-0.39, 0.29) is 23.0 Å². The van der Waals surface area contributed by atoms with Gasteiger partial charge < -0.3 is 15.0 Å². The van der Waals surface area contributed by atoms with Gasteiger partial charge in [0.1, 0.15) is 0 Å². The highest BCUT2D eigenvalue weighted by atomic mass is 35.5. The minimum atomic E-state index is -0.691. The quantitative estimate of drug-likeness (QED) is 0.739. The Bertz CT molecular complexity index is 838. The Morgan fingerprint density at radius 3 is 2.44 bits per heavy atom. The van der Waals surface area contributed by atoms with Crippen LogP contribution in [-0.4, -0.2) is 42.9 Å². The predicted octanol–water partition coefficient (Wildman–Crippen LogP) is 3.16. The number of anilines is 1. The highest BCUT2D eigenvalue weighted by molar-refractivity contribution is 6.33. The van der Waals surface area contributed by atoms with E-state index in [4.69, 9.17) is 16.3 Å². The number of para-hydroxylation sites is 1. The van der Waals surface area contributed by atoms with Gasteiger partial charge in [0.25, 0.3) is 5.91 Å². The van der Waals surface area contributed by atoms with E-state index in [1.165, 1.54) is 18.0 Å². The van der Waals surface area contributed by atoms with E-state index in [2.05, 4.69) is 5.32 Å². The van der Waals surface area contributed by atoms with Crippen LogP contribution in [-0.2, 0) is 20.7 Å².